The highest BCUT2D eigenvalue weighted by atomic mass is 16.8. The van der Waals surface area contributed by atoms with Crippen molar-refractivity contribution >= 4 is 5.91 Å². The number of nitrogens with one attached hydrogen (secondary N) is 1. The van der Waals surface area contributed by atoms with Crippen molar-refractivity contribution < 1.29 is 89.4 Å². The molecule has 19 nitrogen and oxygen atoms in total. The molecule has 1 amide bonds. The summed E-state index contributed by atoms with van der Waals surface area (Å²) >= 11 is 0. The van der Waals surface area contributed by atoms with E-state index in [9.17, 15) is 61.0 Å². The van der Waals surface area contributed by atoms with Gasteiger partial charge in [-0.3, -0.25) is 4.79 Å². The van der Waals surface area contributed by atoms with Gasteiger partial charge in [-0.15, -0.1) is 0 Å². The zero-order chi connectivity index (χ0) is 56.9. The second-order valence-electron chi connectivity index (χ2n) is 21.8. The minimum atomic E-state index is -1.98. The van der Waals surface area contributed by atoms with Crippen LogP contribution in [0.4, 0.5) is 0 Å². The van der Waals surface area contributed by atoms with Gasteiger partial charge in [0.25, 0.3) is 0 Å². The van der Waals surface area contributed by atoms with Crippen LogP contribution < -0.4 is 5.32 Å². The highest BCUT2D eigenvalue weighted by Crippen LogP contribution is 2.33. The van der Waals surface area contributed by atoms with E-state index in [0.717, 1.165) is 51.4 Å². The second kappa shape index (κ2) is 42.8. The number of amides is 1. The van der Waals surface area contributed by atoms with Gasteiger partial charge in [0.1, 0.15) is 73.2 Å². The van der Waals surface area contributed by atoms with E-state index < -0.39 is 124 Å². The molecular formula is C59H107NO18. The lowest BCUT2D eigenvalue weighted by Crippen LogP contribution is -2.66. The normalized spacial score (nSPS) is 30.7. The summed E-state index contributed by atoms with van der Waals surface area (Å²) in [5.41, 5.74) is 0. The first-order chi connectivity index (χ1) is 37.8. The summed E-state index contributed by atoms with van der Waals surface area (Å²) in [5, 5.41) is 120. The number of allylic oxidation sites excluding steroid dienone is 5. The average molecular weight is 1120 g/mol. The average Bonchev–Trinajstić information content (AvgIpc) is 3.46. The Balaban J connectivity index is 1.48. The summed E-state index contributed by atoms with van der Waals surface area (Å²) in [7, 11) is 0. The highest BCUT2D eigenvalue weighted by molar-refractivity contribution is 5.76. The smallest absolute Gasteiger partial charge is 0.220 e. The Morgan fingerprint density at radius 1 is 0.449 bits per heavy atom. The Hall–Kier alpha value is -1.99. The van der Waals surface area contributed by atoms with Crippen molar-refractivity contribution in [2.45, 2.75) is 304 Å². The molecule has 19 heteroatoms. The number of hydrogen-bond donors (Lipinski definition) is 12. The lowest BCUT2D eigenvalue weighted by molar-refractivity contribution is -0.379. The predicted molar refractivity (Wildman–Crippen MR) is 296 cm³/mol. The van der Waals surface area contributed by atoms with Crippen molar-refractivity contribution in [3.05, 3.63) is 36.5 Å². The Morgan fingerprint density at radius 2 is 0.821 bits per heavy atom. The van der Waals surface area contributed by atoms with E-state index in [0.29, 0.717) is 12.8 Å². The van der Waals surface area contributed by atoms with Crippen LogP contribution in [-0.4, -0.2) is 193 Å². The molecule has 0 radical (unpaired) electrons. The number of aliphatic hydroxyl groups is 11. The van der Waals surface area contributed by atoms with Crippen molar-refractivity contribution in [1.29, 1.82) is 0 Å². The van der Waals surface area contributed by atoms with Gasteiger partial charge >= 0.3 is 0 Å². The number of ether oxygens (including phenoxy) is 6. The zero-order valence-electron chi connectivity index (χ0n) is 47.4. The first-order valence-corrected chi connectivity index (χ1v) is 30.2. The van der Waals surface area contributed by atoms with Crippen molar-refractivity contribution in [3.8, 4) is 0 Å². The summed E-state index contributed by atoms with van der Waals surface area (Å²) in [6, 6.07) is -0.988. The van der Waals surface area contributed by atoms with Crippen LogP contribution in [0, 0.1) is 0 Å². The molecule has 0 aromatic carbocycles. The molecule has 3 aliphatic rings. The first-order valence-electron chi connectivity index (χ1n) is 30.2. The van der Waals surface area contributed by atoms with E-state index in [1.54, 1.807) is 6.08 Å². The van der Waals surface area contributed by atoms with Gasteiger partial charge < -0.3 is 89.9 Å². The van der Waals surface area contributed by atoms with E-state index >= 15 is 0 Å². The fraction of sp³-hybridized carbons (Fsp3) is 0.881. The molecule has 456 valence electrons. The van der Waals surface area contributed by atoms with Crippen LogP contribution in [0.1, 0.15) is 200 Å². The van der Waals surface area contributed by atoms with Gasteiger partial charge in [-0.05, 0) is 57.8 Å². The fourth-order valence-corrected chi connectivity index (χ4v) is 10.1. The SMILES string of the molecule is CCCCCCCC/C=C/CC/C=C/C(O)C(COC1OC(CO)C(OC2OC(CO)C(OC3OC(CO)C(O)C(O)C3O)C(O)C2O)C(O)C1O)NC(=O)CCCCCCCCCCC/C=C\CCCCCCCCCC. The van der Waals surface area contributed by atoms with Crippen LogP contribution in [0.3, 0.4) is 0 Å². The third-order valence-corrected chi connectivity index (χ3v) is 15.2. The van der Waals surface area contributed by atoms with Crippen molar-refractivity contribution in [3.63, 3.8) is 0 Å². The van der Waals surface area contributed by atoms with Crippen LogP contribution in [0.2, 0.25) is 0 Å². The number of carbonyl (C=O) groups is 1. The Kier molecular flexibility index (Phi) is 38.5. The minimum Gasteiger partial charge on any atom is -0.394 e. The maximum atomic E-state index is 13.3. The second-order valence-corrected chi connectivity index (χ2v) is 21.8. The Labute approximate surface area is 466 Å². The molecule has 0 spiro atoms. The molecule has 3 heterocycles. The molecule has 3 aliphatic heterocycles. The highest BCUT2D eigenvalue weighted by Gasteiger charge is 2.53. The Bertz CT molecular complexity index is 1570. The number of aliphatic hydroxyl groups excluding tert-OH is 11. The maximum absolute atomic E-state index is 13.3. The number of rotatable bonds is 44. The largest absolute Gasteiger partial charge is 0.394 e. The third-order valence-electron chi connectivity index (χ3n) is 15.2. The fourth-order valence-electron chi connectivity index (χ4n) is 10.1. The van der Waals surface area contributed by atoms with Gasteiger partial charge in [-0.2, -0.15) is 0 Å². The van der Waals surface area contributed by atoms with E-state index in [4.69, 9.17) is 28.4 Å². The Morgan fingerprint density at radius 3 is 1.28 bits per heavy atom. The third kappa shape index (κ3) is 26.5. The lowest BCUT2D eigenvalue weighted by atomic mass is 9.96. The van der Waals surface area contributed by atoms with Crippen LogP contribution in [0.15, 0.2) is 36.5 Å². The number of unbranched alkanes of at least 4 members (excludes halogenated alkanes) is 24. The van der Waals surface area contributed by atoms with Gasteiger partial charge in [0.15, 0.2) is 18.9 Å². The van der Waals surface area contributed by atoms with E-state index in [1.165, 1.54) is 116 Å². The lowest BCUT2D eigenvalue weighted by Gasteiger charge is -2.48. The van der Waals surface area contributed by atoms with Gasteiger partial charge in [0, 0.05) is 6.42 Å². The van der Waals surface area contributed by atoms with Crippen molar-refractivity contribution in [2.75, 3.05) is 26.4 Å². The monoisotopic (exact) mass is 1120 g/mol. The molecule has 0 aliphatic carbocycles. The van der Waals surface area contributed by atoms with Gasteiger partial charge in [-0.1, -0.05) is 172 Å². The van der Waals surface area contributed by atoms with Crippen LogP contribution >= 0.6 is 0 Å². The van der Waals surface area contributed by atoms with Gasteiger partial charge in [0.2, 0.25) is 5.91 Å². The number of carbonyl (C=O) groups excluding carboxylic acids is 1. The van der Waals surface area contributed by atoms with Crippen LogP contribution in [0.5, 0.6) is 0 Å². The van der Waals surface area contributed by atoms with E-state index in [2.05, 4.69) is 43.5 Å². The van der Waals surface area contributed by atoms with Crippen LogP contribution in [-0.2, 0) is 33.2 Å². The molecule has 3 saturated heterocycles. The summed E-state index contributed by atoms with van der Waals surface area (Å²) in [4.78, 5) is 13.3. The topological polar surface area (TPSA) is 307 Å². The molecular weight excluding hydrogens is 1010 g/mol. The minimum absolute atomic E-state index is 0.233. The molecule has 12 N–H and O–H groups in total. The molecule has 78 heavy (non-hydrogen) atoms. The predicted octanol–water partition coefficient (Wildman–Crippen LogP) is 5.32. The van der Waals surface area contributed by atoms with Crippen molar-refractivity contribution in [2.24, 2.45) is 0 Å². The number of hydrogen-bond acceptors (Lipinski definition) is 18. The maximum Gasteiger partial charge on any atom is 0.220 e. The first kappa shape index (κ1) is 70.3. The molecule has 17 unspecified atom stereocenters. The molecule has 0 aromatic heterocycles. The zero-order valence-corrected chi connectivity index (χ0v) is 47.4. The van der Waals surface area contributed by atoms with Crippen LogP contribution in [0.25, 0.3) is 0 Å². The van der Waals surface area contributed by atoms with E-state index in [-0.39, 0.29) is 18.9 Å². The molecule has 3 rings (SSSR count). The molecule has 17 atom stereocenters. The standard InChI is InChI=1S/C59H107NO18/c1-3-5-7-9-11-13-15-17-18-19-20-21-22-23-24-25-27-29-31-33-35-37-47(65)60-42(43(64)36-34-32-30-28-26-16-14-12-10-8-6-4-2)41-73-57-53(71)50(68)55(45(39-62)75-57)78-59-54(72)51(69)56(46(40-63)76-59)77-58-52(70)49(67)48(66)44(38-61)74-58/h19-20,26,28,34,36,42-46,48-59,61-64,66-72H,3-18,21-25,27,29-33,35,37-41H2,1-2H3,(H,60,65)/b20-19-,28-26+,36-34+. The van der Waals surface area contributed by atoms with Crippen molar-refractivity contribution in [1.82, 2.24) is 5.32 Å². The van der Waals surface area contributed by atoms with E-state index in [1.807, 2.05) is 6.08 Å². The molecule has 0 saturated carbocycles. The summed E-state index contributed by atoms with van der Waals surface area (Å²) in [5.74, 6) is -0.289. The van der Waals surface area contributed by atoms with Gasteiger partial charge in [-0.25, -0.2) is 0 Å². The molecule has 0 aromatic rings. The van der Waals surface area contributed by atoms with Gasteiger partial charge in [0.05, 0.1) is 38.6 Å². The quantitative estimate of drug-likeness (QED) is 0.0271. The summed E-state index contributed by atoms with van der Waals surface area (Å²) in [6.45, 7) is 1.67. The molecule has 0 bridgehead atoms. The molecule has 3 fully saturated rings. The summed E-state index contributed by atoms with van der Waals surface area (Å²) in [6.07, 6.45) is 18.5. The summed E-state index contributed by atoms with van der Waals surface area (Å²) < 4.78 is 34.2.